The number of rotatable bonds is 6. The van der Waals surface area contributed by atoms with Gasteiger partial charge in [-0.1, -0.05) is 13.0 Å². The summed E-state index contributed by atoms with van der Waals surface area (Å²) in [5, 5.41) is 0. The Labute approximate surface area is 166 Å². The van der Waals surface area contributed by atoms with Crippen LogP contribution in [0.3, 0.4) is 0 Å². The van der Waals surface area contributed by atoms with E-state index in [0.29, 0.717) is 5.92 Å². The largest absolute Gasteiger partial charge is 0.356 e. The molecule has 0 spiro atoms. The van der Waals surface area contributed by atoms with Gasteiger partial charge in [-0.3, -0.25) is 4.98 Å². The molecule has 28 heavy (non-hydrogen) atoms. The minimum Gasteiger partial charge on any atom is -0.356 e. The Kier molecular flexibility index (Phi) is 5.65. The summed E-state index contributed by atoms with van der Waals surface area (Å²) < 4.78 is 2.27. The summed E-state index contributed by atoms with van der Waals surface area (Å²) in [5.41, 5.74) is 2.27. The van der Waals surface area contributed by atoms with Gasteiger partial charge in [-0.15, -0.1) is 0 Å². The van der Waals surface area contributed by atoms with Crippen molar-refractivity contribution in [3.8, 4) is 0 Å². The number of aromatic nitrogens is 5. The van der Waals surface area contributed by atoms with Crippen molar-refractivity contribution in [2.45, 2.75) is 52.0 Å². The molecular weight excluding hydrogens is 348 g/mol. The Morgan fingerprint density at radius 1 is 1.14 bits per heavy atom. The van der Waals surface area contributed by atoms with Crippen LogP contribution in [0.1, 0.15) is 55.0 Å². The number of hydrogen-bond acceptors (Lipinski definition) is 5. The quantitative estimate of drug-likeness (QED) is 0.655. The predicted octanol–water partition coefficient (Wildman–Crippen LogP) is 3.76. The first-order valence-corrected chi connectivity index (χ1v) is 10.2. The van der Waals surface area contributed by atoms with Gasteiger partial charge in [0.25, 0.3) is 0 Å². The lowest BCUT2D eigenvalue weighted by Crippen LogP contribution is -2.34. The fraction of sp³-hybridized carbons (Fsp3) is 0.455. The van der Waals surface area contributed by atoms with Crippen molar-refractivity contribution in [2.75, 3.05) is 18.0 Å². The Morgan fingerprint density at radius 2 is 2.00 bits per heavy atom. The lowest BCUT2D eigenvalue weighted by molar-refractivity contribution is 0.468. The van der Waals surface area contributed by atoms with E-state index in [1.165, 1.54) is 11.4 Å². The van der Waals surface area contributed by atoms with Gasteiger partial charge in [0.05, 0.1) is 6.54 Å². The van der Waals surface area contributed by atoms with Crippen molar-refractivity contribution < 1.29 is 0 Å². The molecule has 1 aliphatic rings. The molecule has 1 saturated heterocycles. The van der Waals surface area contributed by atoms with E-state index in [0.717, 1.165) is 62.7 Å². The summed E-state index contributed by atoms with van der Waals surface area (Å²) in [6, 6.07) is 6.22. The van der Waals surface area contributed by atoms with Crippen LogP contribution in [-0.4, -0.2) is 37.6 Å². The van der Waals surface area contributed by atoms with E-state index in [1.807, 2.05) is 24.7 Å². The maximum atomic E-state index is 4.80. The normalized spacial score (nSPS) is 15.1. The number of pyridine rings is 1. The molecule has 1 aliphatic heterocycles. The summed E-state index contributed by atoms with van der Waals surface area (Å²) in [7, 11) is 0. The van der Waals surface area contributed by atoms with E-state index in [2.05, 4.69) is 56.6 Å². The van der Waals surface area contributed by atoms with Crippen LogP contribution in [0.15, 0.2) is 43.0 Å². The molecule has 0 amide bonds. The monoisotopic (exact) mass is 376 g/mol. The molecule has 4 rings (SSSR count). The van der Waals surface area contributed by atoms with Gasteiger partial charge in [-0.25, -0.2) is 15.0 Å². The minimum atomic E-state index is 0.487. The molecule has 0 bridgehead atoms. The summed E-state index contributed by atoms with van der Waals surface area (Å²) >= 11 is 0. The fourth-order valence-corrected chi connectivity index (χ4v) is 3.98. The smallest absolute Gasteiger partial charge is 0.132 e. The SMILES string of the molecule is CCCc1nc(C)cc(N2CCC(c3nccn3Cc3cccnc3)CC2)n1. The summed E-state index contributed by atoms with van der Waals surface area (Å²) in [6.07, 6.45) is 11.9. The van der Waals surface area contributed by atoms with Gasteiger partial charge >= 0.3 is 0 Å². The highest BCUT2D eigenvalue weighted by Crippen LogP contribution is 2.29. The second kappa shape index (κ2) is 8.50. The first-order chi connectivity index (χ1) is 13.7. The average molecular weight is 377 g/mol. The molecule has 0 atom stereocenters. The van der Waals surface area contributed by atoms with E-state index in [1.54, 1.807) is 0 Å². The summed E-state index contributed by atoms with van der Waals surface area (Å²) in [6.45, 7) is 7.07. The van der Waals surface area contributed by atoms with Gasteiger partial charge < -0.3 is 9.47 Å². The molecule has 0 radical (unpaired) electrons. The molecule has 6 nitrogen and oxygen atoms in total. The third-order valence-electron chi connectivity index (χ3n) is 5.37. The van der Waals surface area contributed by atoms with Crippen molar-refractivity contribution >= 4 is 5.82 Å². The first kappa shape index (κ1) is 18.6. The molecule has 0 unspecified atom stereocenters. The minimum absolute atomic E-state index is 0.487. The third-order valence-corrected chi connectivity index (χ3v) is 5.37. The molecular formula is C22H28N6. The highest BCUT2D eigenvalue weighted by Gasteiger charge is 2.25. The number of aryl methyl sites for hydroxylation is 2. The number of anilines is 1. The van der Waals surface area contributed by atoms with Gasteiger partial charge in [0.15, 0.2) is 0 Å². The lowest BCUT2D eigenvalue weighted by atomic mass is 9.95. The molecule has 3 aromatic heterocycles. The molecule has 3 aromatic rings. The molecule has 1 fully saturated rings. The van der Waals surface area contributed by atoms with Crippen molar-refractivity contribution in [3.05, 3.63) is 65.9 Å². The van der Waals surface area contributed by atoms with E-state index in [-0.39, 0.29) is 0 Å². The maximum Gasteiger partial charge on any atom is 0.132 e. The standard InChI is InChI=1S/C22H28N6/c1-3-5-20-25-17(2)14-21(26-20)27-11-7-19(8-12-27)22-24-10-13-28(22)16-18-6-4-9-23-15-18/h4,6,9-10,13-15,19H,3,5,7-8,11-12,16H2,1-2H3. The molecule has 6 heteroatoms. The van der Waals surface area contributed by atoms with Crippen molar-refractivity contribution in [1.82, 2.24) is 24.5 Å². The zero-order valence-electron chi connectivity index (χ0n) is 16.8. The number of nitrogens with zero attached hydrogens (tertiary/aromatic N) is 6. The van der Waals surface area contributed by atoms with Crippen LogP contribution in [0, 0.1) is 6.92 Å². The Hall–Kier alpha value is -2.76. The van der Waals surface area contributed by atoms with Crippen LogP contribution in [0.5, 0.6) is 0 Å². The van der Waals surface area contributed by atoms with E-state index in [4.69, 9.17) is 4.98 Å². The van der Waals surface area contributed by atoms with Gasteiger partial charge in [0, 0.05) is 62.0 Å². The van der Waals surface area contributed by atoms with Crippen LogP contribution in [0.25, 0.3) is 0 Å². The number of piperidine rings is 1. The first-order valence-electron chi connectivity index (χ1n) is 10.2. The average Bonchev–Trinajstić information content (AvgIpc) is 3.17. The van der Waals surface area contributed by atoms with Crippen molar-refractivity contribution in [2.24, 2.45) is 0 Å². The molecule has 0 N–H and O–H groups in total. The zero-order chi connectivity index (χ0) is 19.3. The molecule has 4 heterocycles. The second-order valence-electron chi connectivity index (χ2n) is 7.57. The summed E-state index contributed by atoms with van der Waals surface area (Å²) in [5.74, 6) is 3.72. The van der Waals surface area contributed by atoms with Crippen LogP contribution >= 0.6 is 0 Å². The third kappa shape index (κ3) is 4.21. The topological polar surface area (TPSA) is 59.7 Å². The van der Waals surface area contributed by atoms with Crippen molar-refractivity contribution in [1.29, 1.82) is 0 Å². The summed E-state index contributed by atoms with van der Waals surface area (Å²) in [4.78, 5) is 20.7. The molecule has 0 aromatic carbocycles. The van der Waals surface area contributed by atoms with Gasteiger partial charge in [0.1, 0.15) is 17.5 Å². The second-order valence-corrected chi connectivity index (χ2v) is 7.57. The molecule has 146 valence electrons. The number of hydrogen-bond donors (Lipinski definition) is 0. The lowest BCUT2D eigenvalue weighted by Gasteiger charge is -2.33. The van der Waals surface area contributed by atoms with Crippen LogP contribution in [0.4, 0.5) is 5.82 Å². The zero-order valence-corrected chi connectivity index (χ0v) is 16.8. The molecule has 0 saturated carbocycles. The fourth-order valence-electron chi connectivity index (χ4n) is 3.98. The van der Waals surface area contributed by atoms with E-state index >= 15 is 0 Å². The Morgan fingerprint density at radius 3 is 2.75 bits per heavy atom. The van der Waals surface area contributed by atoms with Crippen LogP contribution in [-0.2, 0) is 13.0 Å². The van der Waals surface area contributed by atoms with Crippen LogP contribution in [0.2, 0.25) is 0 Å². The molecule has 0 aliphatic carbocycles. The predicted molar refractivity (Wildman–Crippen MR) is 111 cm³/mol. The highest BCUT2D eigenvalue weighted by atomic mass is 15.2. The van der Waals surface area contributed by atoms with Gasteiger partial charge in [0.2, 0.25) is 0 Å². The Balaban J connectivity index is 1.43. The van der Waals surface area contributed by atoms with E-state index in [9.17, 15) is 0 Å². The Bertz CT molecular complexity index is 896. The van der Waals surface area contributed by atoms with Gasteiger partial charge in [-0.05, 0) is 37.8 Å². The maximum absolute atomic E-state index is 4.80. The number of imidazole rings is 1. The van der Waals surface area contributed by atoms with Crippen molar-refractivity contribution in [3.63, 3.8) is 0 Å². The van der Waals surface area contributed by atoms with E-state index < -0.39 is 0 Å². The van der Waals surface area contributed by atoms with Crippen LogP contribution < -0.4 is 4.90 Å². The highest BCUT2D eigenvalue weighted by molar-refractivity contribution is 5.40. The van der Waals surface area contributed by atoms with Gasteiger partial charge in [-0.2, -0.15) is 0 Å².